The highest BCUT2D eigenvalue weighted by atomic mass is 35.5. The van der Waals surface area contributed by atoms with Crippen LogP contribution >= 0.6 is 11.6 Å². The summed E-state index contributed by atoms with van der Waals surface area (Å²) in [5.74, 6) is 0.0826. The smallest absolute Gasteiger partial charge is 0.155 e. The minimum Gasteiger partial charge on any atom is -0.303 e. The highest BCUT2D eigenvalue weighted by Crippen LogP contribution is 2.24. The normalized spacial score (nSPS) is 10.7. The standard InChI is InChI=1S/C11H18O2.C8H6ClN.C3H6/c1-8(9(2)10(3)13)6-11(4,5)7-12;1-6-2-3-7(5-10)8(9)4-6;1-3-2/h7H,6H2,1-5H3;2-4H,1H3;3H,1H2,2H3/b9-8-;;. The molecule has 0 aliphatic rings. The second-order valence-corrected chi connectivity index (χ2v) is 7.16. The van der Waals surface area contributed by atoms with Crippen molar-refractivity contribution in [3.63, 3.8) is 0 Å². The molecule has 0 radical (unpaired) electrons. The first-order valence-corrected chi connectivity index (χ1v) is 8.70. The molecule has 1 aromatic carbocycles. The number of hydrogen-bond acceptors (Lipinski definition) is 3. The summed E-state index contributed by atoms with van der Waals surface area (Å²) in [5, 5.41) is 9.00. The molecule has 0 atom stereocenters. The molecule has 1 rings (SSSR count). The van der Waals surface area contributed by atoms with Crippen molar-refractivity contribution in [3.05, 3.63) is 58.1 Å². The molecule has 0 N–H and O–H groups in total. The Morgan fingerprint density at radius 1 is 1.31 bits per heavy atom. The summed E-state index contributed by atoms with van der Waals surface area (Å²) in [4.78, 5) is 21.7. The number of allylic oxidation sites excluding steroid dienone is 3. The number of rotatable bonds is 4. The number of Topliss-reactive ketones (excluding diaryl/α,β-unsaturated/α-hetero) is 1. The summed E-state index contributed by atoms with van der Waals surface area (Å²) >= 11 is 5.71. The fourth-order valence-corrected chi connectivity index (χ4v) is 2.15. The van der Waals surface area contributed by atoms with Crippen LogP contribution in [0.15, 0.2) is 42.0 Å². The SMILES string of the molecule is C=CC.CC(=O)/C(C)=C(/C)CC(C)(C)C=O.Cc1ccc(C#N)c(Cl)c1. The molecule has 0 unspecified atom stereocenters. The number of aryl methyl sites for hydroxylation is 1. The van der Waals surface area contributed by atoms with E-state index >= 15 is 0 Å². The van der Waals surface area contributed by atoms with Crippen molar-refractivity contribution in [3.8, 4) is 6.07 Å². The molecule has 3 nitrogen and oxygen atoms in total. The van der Waals surface area contributed by atoms with E-state index in [9.17, 15) is 9.59 Å². The molecule has 0 spiro atoms. The van der Waals surface area contributed by atoms with E-state index in [2.05, 4.69) is 6.58 Å². The van der Waals surface area contributed by atoms with Gasteiger partial charge in [0.1, 0.15) is 12.4 Å². The van der Waals surface area contributed by atoms with Crippen molar-refractivity contribution in [2.45, 2.75) is 54.9 Å². The third kappa shape index (κ3) is 11.4. The van der Waals surface area contributed by atoms with E-state index in [1.165, 1.54) is 0 Å². The van der Waals surface area contributed by atoms with Gasteiger partial charge in [0, 0.05) is 5.41 Å². The van der Waals surface area contributed by atoms with Gasteiger partial charge in [0.15, 0.2) is 5.78 Å². The van der Waals surface area contributed by atoms with Gasteiger partial charge in [-0.3, -0.25) is 4.79 Å². The first-order chi connectivity index (χ1) is 11.9. The van der Waals surface area contributed by atoms with E-state index in [1.54, 1.807) is 32.1 Å². The van der Waals surface area contributed by atoms with Crippen molar-refractivity contribution in [1.29, 1.82) is 5.26 Å². The van der Waals surface area contributed by atoms with Crippen molar-refractivity contribution < 1.29 is 9.59 Å². The molecule has 0 saturated heterocycles. The van der Waals surface area contributed by atoms with Crippen LogP contribution in [0.1, 0.15) is 59.1 Å². The lowest BCUT2D eigenvalue weighted by Gasteiger charge is -2.17. The molecule has 26 heavy (non-hydrogen) atoms. The van der Waals surface area contributed by atoms with Gasteiger partial charge >= 0.3 is 0 Å². The predicted octanol–water partition coefficient (Wildman–Crippen LogP) is 6.24. The Balaban J connectivity index is 0. The third-order valence-electron chi connectivity index (χ3n) is 3.45. The average Bonchev–Trinajstić information content (AvgIpc) is 2.55. The van der Waals surface area contributed by atoms with Crippen LogP contribution in [0.25, 0.3) is 0 Å². The van der Waals surface area contributed by atoms with Gasteiger partial charge in [-0.15, -0.1) is 6.58 Å². The monoisotopic (exact) mass is 375 g/mol. The van der Waals surface area contributed by atoms with E-state index in [-0.39, 0.29) is 11.2 Å². The molecule has 0 amide bonds. The van der Waals surface area contributed by atoms with Crippen LogP contribution in [0.3, 0.4) is 0 Å². The third-order valence-corrected chi connectivity index (χ3v) is 3.77. The average molecular weight is 376 g/mol. The van der Waals surface area contributed by atoms with Crippen LogP contribution in [-0.4, -0.2) is 12.1 Å². The highest BCUT2D eigenvalue weighted by molar-refractivity contribution is 6.31. The van der Waals surface area contributed by atoms with Gasteiger partial charge in [0.05, 0.1) is 10.6 Å². The summed E-state index contributed by atoms with van der Waals surface area (Å²) in [5.41, 5.74) is 3.02. The maximum Gasteiger partial charge on any atom is 0.155 e. The molecular formula is C22H30ClNO2. The van der Waals surface area contributed by atoms with Crippen molar-refractivity contribution >= 4 is 23.7 Å². The Morgan fingerprint density at radius 2 is 1.81 bits per heavy atom. The molecule has 0 aliphatic carbocycles. The summed E-state index contributed by atoms with van der Waals surface area (Å²) in [6.07, 6.45) is 3.34. The Labute approximate surface area is 163 Å². The van der Waals surface area contributed by atoms with Crippen molar-refractivity contribution in [2.24, 2.45) is 5.41 Å². The van der Waals surface area contributed by atoms with E-state index in [4.69, 9.17) is 16.9 Å². The Kier molecular flexibility index (Phi) is 13.1. The van der Waals surface area contributed by atoms with Crippen LogP contribution in [0.5, 0.6) is 0 Å². The maximum atomic E-state index is 11.0. The fourth-order valence-electron chi connectivity index (χ4n) is 1.87. The van der Waals surface area contributed by atoms with Crippen LogP contribution < -0.4 is 0 Å². The van der Waals surface area contributed by atoms with Gasteiger partial charge in [-0.2, -0.15) is 5.26 Å². The van der Waals surface area contributed by atoms with Gasteiger partial charge in [-0.05, 0) is 64.3 Å². The van der Waals surface area contributed by atoms with Gasteiger partial charge in [-0.1, -0.05) is 43.2 Å². The lowest BCUT2D eigenvalue weighted by atomic mass is 9.86. The van der Waals surface area contributed by atoms with E-state index in [0.29, 0.717) is 17.0 Å². The zero-order valence-corrected chi connectivity index (χ0v) is 17.7. The molecule has 0 heterocycles. The molecule has 0 saturated carbocycles. The summed E-state index contributed by atoms with van der Waals surface area (Å²) in [7, 11) is 0. The quantitative estimate of drug-likeness (QED) is 0.355. The first kappa shape index (κ1) is 26.1. The maximum absolute atomic E-state index is 11.0. The van der Waals surface area contributed by atoms with Crippen molar-refractivity contribution in [1.82, 2.24) is 0 Å². The minimum absolute atomic E-state index is 0.0826. The molecular weight excluding hydrogens is 346 g/mol. The number of benzene rings is 1. The van der Waals surface area contributed by atoms with Gasteiger partial charge in [0.2, 0.25) is 0 Å². The summed E-state index contributed by atoms with van der Waals surface area (Å²) in [6, 6.07) is 7.35. The number of carbonyl (C=O) groups excluding carboxylic acids is 2. The molecule has 0 aliphatic heterocycles. The van der Waals surface area contributed by atoms with Gasteiger partial charge < -0.3 is 4.79 Å². The van der Waals surface area contributed by atoms with Crippen molar-refractivity contribution in [2.75, 3.05) is 0 Å². The second-order valence-electron chi connectivity index (χ2n) is 6.75. The lowest BCUT2D eigenvalue weighted by molar-refractivity contribution is -0.115. The van der Waals surface area contributed by atoms with E-state index in [1.807, 2.05) is 46.8 Å². The summed E-state index contributed by atoms with van der Waals surface area (Å²) < 4.78 is 0. The highest BCUT2D eigenvalue weighted by Gasteiger charge is 2.18. The first-order valence-electron chi connectivity index (χ1n) is 8.32. The van der Waals surface area contributed by atoms with E-state index < -0.39 is 0 Å². The molecule has 4 heteroatoms. The number of aldehydes is 1. The largest absolute Gasteiger partial charge is 0.303 e. The van der Waals surface area contributed by atoms with Gasteiger partial charge in [-0.25, -0.2) is 0 Å². The van der Waals surface area contributed by atoms with E-state index in [0.717, 1.165) is 23.0 Å². The molecule has 0 bridgehead atoms. The number of carbonyl (C=O) groups is 2. The van der Waals surface area contributed by atoms with Crippen LogP contribution in [0, 0.1) is 23.7 Å². The number of nitrogens with zero attached hydrogens (tertiary/aromatic N) is 1. The molecule has 1 aromatic rings. The molecule has 142 valence electrons. The van der Waals surface area contributed by atoms with Crippen LogP contribution in [0.2, 0.25) is 5.02 Å². The lowest BCUT2D eigenvalue weighted by Crippen LogP contribution is -2.14. The minimum atomic E-state index is -0.360. The van der Waals surface area contributed by atoms with Gasteiger partial charge in [0.25, 0.3) is 0 Å². The molecule has 0 aromatic heterocycles. The fraction of sp³-hybridized carbons (Fsp3) is 0.409. The number of ketones is 1. The second kappa shape index (κ2) is 13.1. The Hall–Kier alpha value is -2.18. The zero-order chi connectivity index (χ0) is 20.9. The summed E-state index contributed by atoms with van der Waals surface area (Å²) in [6.45, 7) is 16.2. The zero-order valence-electron chi connectivity index (χ0n) is 16.9. The number of halogens is 1. The number of hydrogen-bond donors (Lipinski definition) is 0. The molecule has 0 fully saturated rings. The Morgan fingerprint density at radius 3 is 2.15 bits per heavy atom. The topological polar surface area (TPSA) is 57.9 Å². The van der Waals surface area contributed by atoms with Crippen LogP contribution in [0.4, 0.5) is 0 Å². The predicted molar refractivity (Wildman–Crippen MR) is 110 cm³/mol. The Bertz CT molecular complexity index is 695. The van der Waals surface area contributed by atoms with Crippen LogP contribution in [-0.2, 0) is 9.59 Å². The number of nitriles is 1.